The predicted octanol–water partition coefficient (Wildman–Crippen LogP) is 3.39. The summed E-state index contributed by atoms with van der Waals surface area (Å²) in [7, 11) is 0. The predicted molar refractivity (Wildman–Crippen MR) is 60.1 cm³/mol. The number of ether oxygens (including phenoxy) is 1. The van der Waals surface area contributed by atoms with Crippen molar-refractivity contribution in [3.8, 4) is 11.5 Å². The minimum absolute atomic E-state index is 0.0138. The lowest BCUT2D eigenvalue weighted by molar-refractivity contribution is 0.407. The van der Waals surface area contributed by atoms with Crippen molar-refractivity contribution >= 4 is 17.3 Å². The first-order valence-electron chi connectivity index (χ1n) is 4.60. The molecule has 0 bridgehead atoms. The molecule has 0 atom stereocenters. The van der Waals surface area contributed by atoms with Crippen LogP contribution in [0.4, 0.5) is 14.5 Å². The van der Waals surface area contributed by atoms with Crippen LogP contribution in [0, 0.1) is 11.6 Å². The van der Waals surface area contributed by atoms with E-state index in [2.05, 4.69) is 4.98 Å². The Hall–Kier alpha value is -1.88. The number of aromatic nitrogens is 1. The highest BCUT2D eigenvalue weighted by molar-refractivity contribution is 6.29. The Kier molecular flexibility index (Phi) is 3.10. The molecule has 0 amide bonds. The van der Waals surface area contributed by atoms with E-state index in [1.807, 2.05) is 0 Å². The van der Waals surface area contributed by atoms with Gasteiger partial charge in [0, 0.05) is 30.1 Å². The van der Waals surface area contributed by atoms with E-state index >= 15 is 0 Å². The van der Waals surface area contributed by atoms with Crippen molar-refractivity contribution in [2.75, 3.05) is 5.73 Å². The van der Waals surface area contributed by atoms with Crippen LogP contribution >= 0.6 is 11.6 Å². The number of nitrogens with two attached hydrogens (primary N) is 1. The average Bonchev–Trinajstić information content (AvgIpc) is 2.23. The highest BCUT2D eigenvalue weighted by Gasteiger charge is 2.13. The summed E-state index contributed by atoms with van der Waals surface area (Å²) in [5.41, 5.74) is 5.27. The zero-order valence-corrected chi connectivity index (χ0v) is 9.21. The Bertz CT molecular complexity index is 540. The lowest BCUT2D eigenvalue weighted by Crippen LogP contribution is -1.96. The van der Waals surface area contributed by atoms with Crippen molar-refractivity contribution in [3.05, 3.63) is 47.2 Å². The van der Waals surface area contributed by atoms with Gasteiger partial charge in [-0.15, -0.1) is 0 Å². The Labute approximate surface area is 101 Å². The van der Waals surface area contributed by atoms with Crippen LogP contribution in [-0.2, 0) is 0 Å². The second kappa shape index (κ2) is 4.55. The molecule has 2 N–H and O–H groups in total. The molecule has 88 valence electrons. The lowest BCUT2D eigenvalue weighted by Gasteiger charge is -2.08. The van der Waals surface area contributed by atoms with E-state index < -0.39 is 17.4 Å². The van der Waals surface area contributed by atoms with Crippen LogP contribution in [0.15, 0.2) is 30.5 Å². The zero-order valence-electron chi connectivity index (χ0n) is 8.45. The van der Waals surface area contributed by atoms with Crippen molar-refractivity contribution in [2.24, 2.45) is 0 Å². The topological polar surface area (TPSA) is 48.1 Å². The van der Waals surface area contributed by atoms with E-state index in [1.54, 1.807) is 0 Å². The molecule has 1 heterocycles. The fraction of sp³-hybridized carbons (Fsp3) is 0. The monoisotopic (exact) mass is 256 g/mol. The number of nitrogens with zero attached hydrogens (tertiary/aromatic N) is 1. The maximum atomic E-state index is 13.4. The summed E-state index contributed by atoms with van der Waals surface area (Å²) in [6.07, 6.45) is 1.37. The van der Waals surface area contributed by atoms with Gasteiger partial charge in [-0.2, -0.15) is 0 Å². The van der Waals surface area contributed by atoms with Crippen molar-refractivity contribution in [1.82, 2.24) is 4.98 Å². The molecule has 0 aliphatic heterocycles. The van der Waals surface area contributed by atoms with Crippen LogP contribution in [0.2, 0.25) is 5.15 Å². The molecular formula is C11H7ClF2N2O. The Morgan fingerprint density at radius 2 is 1.82 bits per heavy atom. The van der Waals surface area contributed by atoms with E-state index in [0.717, 1.165) is 12.1 Å². The third kappa shape index (κ3) is 2.62. The molecule has 2 rings (SSSR count). The number of halogens is 3. The number of pyridine rings is 1. The fourth-order valence-corrected chi connectivity index (χ4v) is 1.41. The van der Waals surface area contributed by atoms with E-state index in [0.29, 0.717) is 0 Å². The second-order valence-corrected chi connectivity index (χ2v) is 3.62. The quantitative estimate of drug-likeness (QED) is 0.662. The number of anilines is 1. The highest BCUT2D eigenvalue weighted by Crippen LogP contribution is 2.29. The summed E-state index contributed by atoms with van der Waals surface area (Å²) in [4.78, 5) is 3.72. The minimum Gasteiger partial charge on any atom is -0.451 e. The van der Waals surface area contributed by atoms with E-state index in [1.165, 1.54) is 18.3 Å². The van der Waals surface area contributed by atoms with Gasteiger partial charge in [0.25, 0.3) is 0 Å². The molecule has 6 heteroatoms. The molecule has 3 nitrogen and oxygen atoms in total. The first-order chi connectivity index (χ1) is 8.06. The maximum absolute atomic E-state index is 13.4. The molecule has 17 heavy (non-hydrogen) atoms. The van der Waals surface area contributed by atoms with E-state index in [-0.39, 0.29) is 16.6 Å². The summed E-state index contributed by atoms with van der Waals surface area (Å²) in [5, 5.41) is 0.166. The van der Waals surface area contributed by atoms with Gasteiger partial charge < -0.3 is 10.5 Å². The molecular weight excluding hydrogens is 250 g/mol. The van der Waals surface area contributed by atoms with Crippen LogP contribution in [0.25, 0.3) is 0 Å². The smallest absolute Gasteiger partial charge is 0.198 e. The Morgan fingerprint density at radius 3 is 2.41 bits per heavy atom. The number of hydrogen-bond acceptors (Lipinski definition) is 3. The molecule has 0 fully saturated rings. The van der Waals surface area contributed by atoms with Crippen LogP contribution in [0.3, 0.4) is 0 Å². The zero-order chi connectivity index (χ0) is 12.4. The van der Waals surface area contributed by atoms with Gasteiger partial charge in [0.2, 0.25) is 0 Å². The van der Waals surface area contributed by atoms with E-state index in [4.69, 9.17) is 22.1 Å². The molecule has 1 aromatic heterocycles. The van der Waals surface area contributed by atoms with Gasteiger partial charge in [0.1, 0.15) is 10.9 Å². The first-order valence-corrected chi connectivity index (χ1v) is 4.98. The summed E-state index contributed by atoms with van der Waals surface area (Å²) in [5.74, 6) is -2.10. The molecule has 0 aliphatic carbocycles. The van der Waals surface area contributed by atoms with Gasteiger partial charge in [-0.3, -0.25) is 0 Å². The Balaban J connectivity index is 2.36. The third-order valence-corrected chi connectivity index (χ3v) is 2.15. The van der Waals surface area contributed by atoms with Crippen LogP contribution in [-0.4, -0.2) is 4.98 Å². The molecule has 0 saturated carbocycles. The standard InChI is InChI=1S/C11H7ClF2N2O/c12-10-5-7(1-2-16-10)17-11-8(13)3-6(15)4-9(11)14/h1-5H,15H2. The minimum atomic E-state index is -0.879. The number of hydrogen-bond donors (Lipinski definition) is 1. The molecule has 0 unspecified atom stereocenters. The van der Waals surface area contributed by atoms with Crippen molar-refractivity contribution in [1.29, 1.82) is 0 Å². The summed E-state index contributed by atoms with van der Waals surface area (Å²) < 4.78 is 31.9. The van der Waals surface area contributed by atoms with E-state index in [9.17, 15) is 8.78 Å². The third-order valence-electron chi connectivity index (χ3n) is 1.94. The van der Waals surface area contributed by atoms with Crippen molar-refractivity contribution in [2.45, 2.75) is 0 Å². The van der Waals surface area contributed by atoms with Gasteiger partial charge >= 0.3 is 0 Å². The SMILES string of the molecule is Nc1cc(F)c(Oc2ccnc(Cl)c2)c(F)c1. The summed E-state index contributed by atoms with van der Waals surface area (Å²) in [6, 6.07) is 4.72. The molecule has 0 saturated heterocycles. The average molecular weight is 257 g/mol. The highest BCUT2D eigenvalue weighted by atomic mass is 35.5. The van der Waals surface area contributed by atoms with Gasteiger partial charge in [0.05, 0.1) is 0 Å². The van der Waals surface area contributed by atoms with Crippen molar-refractivity contribution < 1.29 is 13.5 Å². The fourth-order valence-electron chi connectivity index (χ4n) is 1.24. The van der Waals surface area contributed by atoms with Crippen LogP contribution < -0.4 is 10.5 Å². The molecule has 0 aliphatic rings. The second-order valence-electron chi connectivity index (χ2n) is 3.23. The lowest BCUT2D eigenvalue weighted by atomic mass is 10.3. The van der Waals surface area contributed by atoms with Gasteiger partial charge in [-0.25, -0.2) is 13.8 Å². The molecule has 2 aromatic rings. The molecule has 0 spiro atoms. The summed E-state index contributed by atoms with van der Waals surface area (Å²) >= 11 is 5.62. The van der Waals surface area contributed by atoms with Gasteiger partial charge in [-0.05, 0) is 6.07 Å². The number of rotatable bonds is 2. The number of nitrogen functional groups attached to an aromatic ring is 1. The van der Waals surface area contributed by atoms with Gasteiger partial charge in [0.15, 0.2) is 17.4 Å². The summed E-state index contributed by atoms with van der Waals surface area (Å²) in [6.45, 7) is 0. The Morgan fingerprint density at radius 1 is 1.18 bits per heavy atom. The van der Waals surface area contributed by atoms with Crippen molar-refractivity contribution in [3.63, 3.8) is 0 Å². The first kappa shape index (κ1) is 11.6. The maximum Gasteiger partial charge on any atom is 0.198 e. The van der Waals surface area contributed by atoms with Crippen LogP contribution in [0.5, 0.6) is 11.5 Å². The normalized spacial score (nSPS) is 10.3. The largest absolute Gasteiger partial charge is 0.451 e. The number of benzene rings is 1. The molecule has 1 aromatic carbocycles. The van der Waals surface area contributed by atoms with Gasteiger partial charge in [-0.1, -0.05) is 11.6 Å². The molecule has 0 radical (unpaired) electrons. The van der Waals surface area contributed by atoms with Crippen LogP contribution in [0.1, 0.15) is 0 Å².